The zero-order valence-electron chi connectivity index (χ0n) is 15.9. The van der Waals surface area contributed by atoms with Gasteiger partial charge in [-0.1, -0.05) is 32.0 Å². The Kier molecular flexibility index (Phi) is 4.43. The second-order valence-electron chi connectivity index (χ2n) is 7.85. The summed E-state index contributed by atoms with van der Waals surface area (Å²) < 4.78 is 0. The number of benzene rings is 2. The molecule has 2 aromatic carbocycles. The van der Waals surface area contributed by atoms with Gasteiger partial charge in [0.25, 0.3) is 0 Å². The summed E-state index contributed by atoms with van der Waals surface area (Å²) in [6.45, 7) is 4.11. The highest BCUT2D eigenvalue weighted by Gasteiger charge is 2.21. The lowest BCUT2D eigenvalue weighted by atomic mass is 9.82. The van der Waals surface area contributed by atoms with Crippen molar-refractivity contribution >= 4 is 16.8 Å². The van der Waals surface area contributed by atoms with E-state index in [1.807, 2.05) is 24.3 Å². The molecular weight excluding hydrogens is 352 g/mol. The summed E-state index contributed by atoms with van der Waals surface area (Å²) in [6, 6.07) is 14.3. The molecule has 4 aromatic rings. The van der Waals surface area contributed by atoms with Gasteiger partial charge in [-0.05, 0) is 41.7 Å². The molecule has 7 nitrogen and oxygen atoms in total. The monoisotopic (exact) mass is 374 g/mol. The number of nitrogens with zero attached hydrogens (tertiary/aromatic N) is 3. The lowest BCUT2D eigenvalue weighted by molar-refractivity contribution is -0.119. The predicted molar refractivity (Wildman–Crippen MR) is 108 cm³/mol. The first-order valence-corrected chi connectivity index (χ1v) is 9.13. The van der Waals surface area contributed by atoms with Crippen molar-refractivity contribution in [1.29, 1.82) is 0 Å². The van der Waals surface area contributed by atoms with Crippen LogP contribution in [-0.2, 0) is 11.2 Å². The molecule has 0 saturated heterocycles. The van der Waals surface area contributed by atoms with E-state index < -0.39 is 0 Å². The summed E-state index contributed by atoms with van der Waals surface area (Å²) >= 11 is 0. The average molecular weight is 374 g/mol. The number of amides is 1. The van der Waals surface area contributed by atoms with E-state index in [2.05, 4.69) is 57.4 Å². The van der Waals surface area contributed by atoms with Crippen LogP contribution in [0.15, 0.2) is 48.8 Å². The first kappa shape index (κ1) is 17.9. The Hall–Kier alpha value is -3.48. The summed E-state index contributed by atoms with van der Waals surface area (Å²) in [5.74, 6) is 0.440. The Balaban J connectivity index is 1.70. The number of aromatic nitrogens is 5. The van der Waals surface area contributed by atoms with E-state index in [4.69, 9.17) is 5.73 Å². The fourth-order valence-corrected chi connectivity index (χ4v) is 3.64. The maximum atomic E-state index is 11.3. The number of primary amides is 1. The van der Waals surface area contributed by atoms with Gasteiger partial charge in [0.15, 0.2) is 5.82 Å². The summed E-state index contributed by atoms with van der Waals surface area (Å²) in [4.78, 5) is 15.6. The van der Waals surface area contributed by atoms with Crippen molar-refractivity contribution in [2.45, 2.75) is 26.7 Å². The van der Waals surface area contributed by atoms with Crippen molar-refractivity contribution in [2.75, 3.05) is 0 Å². The third-order valence-electron chi connectivity index (χ3n) is 4.79. The second-order valence-corrected chi connectivity index (χ2v) is 7.85. The average Bonchev–Trinajstić information content (AvgIpc) is 3.29. The normalized spacial score (nSPS) is 11.8. The number of nitrogens with one attached hydrogen (secondary N) is 2. The van der Waals surface area contributed by atoms with Gasteiger partial charge in [-0.2, -0.15) is 10.2 Å². The summed E-state index contributed by atoms with van der Waals surface area (Å²) in [7, 11) is 0. The van der Waals surface area contributed by atoms with Gasteiger partial charge >= 0.3 is 0 Å². The van der Waals surface area contributed by atoms with Crippen LogP contribution < -0.4 is 5.73 Å². The van der Waals surface area contributed by atoms with E-state index in [9.17, 15) is 4.79 Å². The van der Waals surface area contributed by atoms with E-state index in [0.717, 1.165) is 45.5 Å². The molecule has 0 aliphatic heterocycles. The van der Waals surface area contributed by atoms with Crippen molar-refractivity contribution in [1.82, 2.24) is 25.4 Å². The van der Waals surface area contributed by atoms with E-state index in [1.54, 1.807) is 0 Å². The number of nitrogens with two attached hydrogens (primary N) is 1. The van der Waals surface area contributed by atoms with Crippen LogP contribution in [0.25, 0.3) is 33.5 Å². The minimum atomic E-state index is -0.278. The Bertz CT molecular complexity index is 1130. The molecule has 4 rings (SSSR count). The van der Waals surface area contributed by atoms with Crippen molar-refractivity contribution < 1.29 is 4.79 Å². The molecular formula is C21H22N6O. The molecule has 2 aromatic heterocycles. The van der Waals surface area contributed by atoms with Crippen molar-refractivity contribution in [3.8, 4) is 22.6 Å². The van der Waals surface area contributed by atoms with Gasteiger partial charge in [0.2, 0.25) is 5.91 Å². The molecule has 2 heterocycles. The molecule has 0 atom stereocenters. The fourth-order valence-electron chi connectivity index (χ4n) is 3.64. The van der Waals surface area contributed by atoms with Crippen LogP contribution in [0.3, 0.4) is 0 Å². The first-order valence-electron chi connectivity index (χ1n) is 9.13. The minimum Gasteiger partial charge on any atom is -0.370 e. The van der Waals surface area contributed by atoms with Crippen LogP contribution in [0.2, 0.25) is 0 Å². The summed E-state index contributed by atoms with van der Waals surface area (Å²) in [6.07, 6.45) is 2.60. The van der Waals surface area contributed by atoms with Crippen molar-refractivity contribution in [3.63, 3.8) is 0 Å². The molecule has 0 saturated carbocycles. The number of carbonyl (C=O) groups excluding carboxylic acids is 1. The van der Waals surface area contributed by atoms with Gasteiger partial charge < -0.3 is 5.73 Å². The molecule has 1 amide bonds. The molecule has 0 aliphatic rings. The highest BCUT2D eigenvalue weighted by Crippen LogP contribution is 2.32. The molecule has 4 N–H and O–H groups in total. The molecule has 0 spiro atoms. The first-order chi connectivity index (χ1) is 13.4. The van der Waals surface area contributed by atoms with Crippen LogP contribution in [0.4, 0.5) is 0 Å². The topological polar surface area (TPSA) is 113 Å². The lowest BCUT2D eigenvalue weighted by Crippen LogP contribution is -2.24. The van der Waals surface area contributed by atoms with E-state index in [1.165, 1.54) is 6.33 Å². The maximum Gasteiger partial charge on any atom is 0.217 e. The highest BCUT2D eigenvalue weighted by atomic mass is 16.1. The van der Waals surface area contributed by atoms with E-state index in [-0.39, 0.29) is 11.3 Å². The van der Waals surface area contributed by atoms with Gasteiger partial charge in [0.1, 0.15) is 6.33 Å². The third-order valence-corrected chi connectivity index (χ3v) is 4.79. The van der Waals surface area contributed by atoms with Crippen LogP contribution in [0.5, 0.6) is 0 Å². The van der Waals surface area contributed by atoms with E-state index >= 15 is 0 Å². The van der Waals surface area contributed by atoms with Crippen molar-refractivity contribution in [2.24, 2.45) is 11.1 Å². The molecule has 0 bridgehead atoms. The zero-order chi connectivity index (χ0) is 19.7. The summed E-state index contributed by atoms with van der Waals surface area (Å²) in [5.41, 5.74) is 10.1. The number of rotatable bonds is 6. The molecule has 0 radical (unpaired) electrons. The van der Waals surface area contributed by atoms with Crippen LogP contribution in [-0.4, -0.2) is 31.3 Å². The van der Waals surface area contributed by atoms with Crippen LogP contribution in [0.1, 0.15) is 25.8 Å². The van der Waals surface area contributed by atoms with Crippen LogP contribution in [0, 0.1) is 5.41 Å². The molecule has 0 fully saturated rings. The van der Waals surface area contributed by atoms with E-state index in [0.29, 0.717) is 6.42 Å². The number of hydrogen-bond acceptors (Lipinski definition) is 4. The number of hydrogen-bond donors (Lipinski definition) is 3. The molecule has 28 heavy (non-hydrogen) atoms. The highest BCUT2D eigenvalue weighted by molar-refractivity contribution is 5.95. The second kappa shape index (κ2) is 6.92. The van der Waals surface area contributed by atoms with Crippen molar-refractivity contribution in [3.05, 3.63) is 54.4 Å². The SMILES string of the molecule is CC(C)(CC(N)=O)Cc1cccc(-c2n[nH]c3ccc(-c4ncn[nH]4)cc23)c1. The summed E-state index contributed by atoms with van der Waals surface area (Å²) in [5, 5.41) is 15.5. The maximum absolute atomic E-state index is 11.3. The zero-order valence-corrected chi connectivity index (χ0v) is 15.9. The Morgan fingerprint density at radius 3 is 2.71 bits per heavy atom. The largest absolute Gasteiger partial charge is 0.370 e. The number of H-pyrrole nitrogens is 2. The third kappa shape index (κ3) is 3.64. The Morgan fingerprint density at radius 1 is 1.11 bits per heavy atom. The number of carbonyl (C=O) groups is 1. The molecule has 142 valence electrons. The minimum absolute atomic E-state index is 0.197. The van der Waals surface area contributed by atoms with Gasteiger partial charge in [0.05, 0.1) is 11.2 Å². The molecule has 0 unspecified atom stereocenters. The smallest absolute Gasteiger partial charge is 0.217 e. The standard InChI is InChI=1S/C21H22N6O/c1-21(2,11-18(22)28)10-13-4-3-5-14(8-13)19-16-9-15(20-23-12-24-27-20)6-7-17(16)25-26-19/h3-9,12H,10-11H2,1-2H3,(H2,22,28)(H,25,26)(H,23,24,27). The quantitative estimate of drug-likeness (QED) is 0.479. The van der Waals surface area contributed by atoms with Gasteiger partial charge in [0, 0.05) is 22.9 Å². The fraction of sp³-hybridized carbons (Fsp3) is 0.238. The Labute approximate surface area is 162 Å². The van der Waals surface area contributed by atoms with Crippen LogP contribution >= 0.6 is 0 Å². The number of fused-ring (bicyclic) bond motifs is 1. The van der Waals surface area contributed by atoms with Gasteiger partial charge in [-0.25, -0.2) is 4.98 Å². The predicted octanol–water partition coefficient (Wildman–Crippen LogP) is 3.46. The molecule has 7 heteroatoms. The van der Waals surface area contributed by atoms with Gasteiger partial charge in [-0.15, -0.1) is 0 Å². The number of aromatic amines is 2. The van der Waals surface area contributed by atoms with Gasteiger partial charge in [-0.3, -0.25) is 15.0 Å². The Morgan fingerprint density at radius 2 is 1.96 bits per heavy atom. The lowest BCUT2D eigenvalue weighted by Gasteiger charge is -2.23. The molecule has 0 aliphatic carbocycles.